The van der Waals surface area contributed by atoms with Crippen LogP contribution in [0.5, 0.6) is 0 Å². The van der Waals surface area contributed by atoms with Crippen molar-refractivity contribution in [3.63, 3.8) is 0 Å². The van der Waals surface area contributed by atoms with Gasteiger partial charge in [-0.05, 0) is 18.0 Å². The van der Waals surface area contributed by atoms with Gasteiger partial charge >= 0.3 is 0 Å². The molecule has 0 unspecified atom stereocenters. The zero-order valence-corrected chi connectivity index (χ0v) is 12.2. The molecule has 0 atom stereocenters. The SMILES string of the molecule is CCCNc1nc(Cl)nc(N(C)CCC(=O)NC)n1. The minimum Gasteiger partial charge on any atom is -0.359 e. The van der Waals surface area contributed by atoms with E-state index in [1.54, 1.807) is 19.0 Å². The van der Waals surface area contributed by atoms with Gasteiger partial charge < -0.3 is 15.5 Å². The molecule has 0 aromatic carbocycles. The number of rotatable bonds is 7. The van der Waals surface area contributed by atoms with E-state index in [-0.39, 0.29) is 11.2 Å². The van der Waals surface area contributed by atoms with E-state index in [2.05, 4.69) is 25.6 Å². The van der Waals surface area contributed by atoms with Gasteiger partial charge in [0.2, 0.25) is 23.1 Å². The Balaban J connectivity index is 2.70. The van der Waals surface area contributed by atoms with Crippen LogP contribution >= 0.6 is 11.6 Å². The van der Waals surface area contributed by atoms with Crippen LogP contribution in [0.3, 0.4) is 0 Å². The number of anilines is 2. The minimum atomic E-state index is -0.0312. The third-order valence-electron chi connectivity index (χ3n) is 2.42. The number of amides is 1. The summed E-state index contributed by atoms with van der Waals surface area (Å²) in [6.07, 6.45) is 1.33. The van der Waals surface area contributed by atoms with Gasteiger partial charge in [0.25, 0.3) is 0 Å². The molecule has 106 valence electrons. The Morgan fingerprint density at radius 2 is 2.11 bits per heavy atom. The summed E-state index contributed by atoms with van der Waals surface area (Å²) in [7, 11) is 3.41. The summed E-state index contributed by atoms with van der Waals surface area (Å²) in [6, 6.07) is 0. The van der Waals surface area contributed by atoms with E-state index < -0.39 is 0 Å². The molecule has 0 fully saturated rings. The average molecular weight is 287 g/mol. The van der Waals surface area contributed by atoms with Crippen molar-refractivity contribution in [2.75, 3.05) is 37.4 Å². The van der Waals surface area contributed by atoms with Gasteiger partial charge in [-0.15, -0.1) is 0 Å². The maximum atomic E-state index is 11.2. The first-order valence-electron chi connectivity index (χ1n) is 6.14. The zero-order chi connectivity index (χ0) is 14.3. The highest BCUT2D eigenvalue weighted by molar-refractivity contribution is 6.28. The molecule has 0 spiro atoms. The summed E-state index contributed by atoms with van der Waals surface area (Å²) in [5.74, 6) is 0.863. The van der Waals surface area contributed by atoms with Crippen molar-refractivity contribution in [2.45, 2.75) is 19.8 Å². The lowest BCUT2D eigenvalue weighted by atomic mass is 10.4. The number of aromatic nitrogens is 3. The quantitative estimate of drug-likeness (QED) is 0.775. The maximum absolute atomic E-state index is 11.2. The van der Waals surface area contributed by atoms with Crippen LogP contribution in [0, 0.1) is 0 Å². The summed E-state index contributed by atoms with van der Waals surface area (Å²) < 4.78 is 0. The second kappa shape index (κ2) is 7.73. The van der Waals surface area contributed by atoms with Crippen LogP contribution in [0.25, 0.3) is 0 Å². The third kappa shape index (κ3) is 5.25. The van der Waals surface area contributed by atoms with Crippen LogP contribution in [0.1, 0.15) is 19.8 Å². The molecule has 1 aromatic heterocycles. The molecule has 1 aromatic rings. The lowest BCUT2D eigenvalue weighted by Gasteiger charge is -2.17. The molecule has 19 heavy (non-hydrogen) atoms. The van der Waals surface area contributed by atoms with Crippen LogP contribution in [-0.2, 0) is 4.79 Å². The topological polar surface area (TPSA) is 83.0 Å². The summed E-state index contributed by atoms with van der Waals surface area (Å²) in [4.78, 5) is 25.2. The molecule has 7 nitrogen and oxygen atoms in total. The summed E-state index contributed by atoms with van der Waals surface area (Å²) in [5.41, 5.74) is 0. The Bertz CT molecular complexity index is 428. The molecule has 0 radical (unpaired) electrons. The number of halogens is 1. The number of carbonyl (C=O) groups excluding carboxylic acids is 1. The lowest BCUT2D eigenvalue weighted by molar-refractivity contribution is -0.120. The standard InChI is InChI=1S/C11H19ClN6O/c1-4-6-14-10-15-9(12)16-11(17-10)18(3)7-5-8(19)13-2/h4-7H2,1-3H3,(H,13,19)(H,14,15,16,17). The van der Waals surface area contributed by atoms with Crippen LogP contribution in [0.15, 0.2) is 0 Å². The zero-order valence-electron chi connectivity index (χ0n) is 11.4. The fourth-order valence-corrected chi connectivity index (χ4v) is 1.48. The summed E-state index contributed by atoms with van der Waals surface area (Å²) in [5, 5.41) is 5.75. The largest absolute Gasteiger partial charge is 0.359 e. The number of hydrogen-bond donors (Lipinski definition) is 2. The predicted octanol–water partition coefficient (Wildman–Crippen LogP) is 0.919. The van der Waals surface area contributed by atoms with Crippen molar-refractivity contribution in [1.82, 2.24) is 20.3 Å². The number of nitrogens with one attached hydrogen (secondary N) is 2. The first kappa shape index (κ1) is 15.4. The fourth-order valence-electron chi connectivity index (χ4n) is 1.32. The van der Waals surface area contributed by atoms with Crippen molar-refractivity contribution >= 4 is 29.4 Å². The van der Waals surface area contributed by atoms with E-state index in [1.807, 2.05) is 6.92 Å². The molecule has 8 heteroatoms. The van der Waals surface area contributed by atoms with E-state index in [1.165, 1.54) is 0 Å². The first-order chi connectivity index (χ1) is 9.06. The molecule has 1 amide bonds. The van der Waals surface area contributed by atoms with Crippen LogP contribution < -0.4 is 15.5 Å². The van der Waals surface area contributed by atoms with Gasteiger partial charge in [-0.3, -0.25) is 4.79 Å². The molecule has 1 rings (SSSR count). The van der Waals surface area contributed by atoms with Gasteiger partial charge in [-0.25, -0.2) is 0 Å². The van der Waals surface area contributed by atoms with Crippen molar-refractivity contribution in [2.24, 2.45) is 0 Å². The van der Waals surface area contributed by atoms with Crippen molar-refractivity contribution in [3.05, 3.63) is 5.28 Å². The van der Waals surface area contributed by atoms with E-state index >= 15 is 0 Å². The van der Waals surface area contributed by atoms with Gasteiger partial charge in [0.1, 0.15) is 0 Å². The molecular formula is C11H19ClN6O. The van der Waals surface area contributed by atoms with E-state index in [4.69, 9.17) is 11.6 Å². The molecular weight excluding hydrogens is 268 g/mol. The van der Waals surface area contributed by atoms with Crippen molar-refractivity contribution in [1.29, 1.82) is 0 Å². The van der Waals surface area contributed by atoms with E-state index in [0.29, 0.717) is 24.9 Å². The highest BCUT2D eigenvalue weighted by atomic mass is 35.5. The first-order valence-corrected chi connectivity index (χ1v) is 6.51. The number of nitrogens with zero attached hydrogens (tertiary/aromatic N) is 4. The normalized spacial score (nSPS) is 10.1. The van der Waals surface area contributed by atoms with Gasteiger partial charge in [-0.2, -0.15) is 15.0 Å². The number of carbonyl (C=O) groups is 1. The molecule has 0 aliphatic heterocycles. The molecule has 0 aliphatic rings. The molecule has 1 heterocycles. The van der Waals surface area contributed by atoms with Crippen LogP contribution in [0.2, 0.25) is 5.28 Å². The van der Waals surface area contributed by atoms with E-state index in [0.717, 1.165) is 13.0 Å². The summed E-state index contributed by atoms with van der Waals surface area (Å²) in [6.45, 7) is 3.32. The highest BCUT2D eigenvalue weighted by Crippen LogP contribution is 2.12. The molecule has 0 saturated carbocycles. The van der Waals surface area contributed by atoms with Gasteiger partial charge in [0.05, 0.1) is 0 Å². The van der Waals surface area contributed by atoms with Gasteiger partial charge in [0.15, 0.2) is 0 Å². The molecule has 0 bridgehead atoms. The monoisotopic (exact) mass is 286 g/mol. The second-order valence-electron chi connectivity index (χ2n) is 4.00. The van der Waals surface area contributed by atoms with Gasteiger partial charge in [0, 0.05) is 33.6 Å². The summed E-state index contributed by atoms with van der Waals surface area (Å²) >= 11 is 5.85. The Labute approximate surface area is 117 Å². The second-order valence-corrected chi connectivity index (χ2v) is 4.34. The Hall–Kier alpha value is -1.63. The fraction of sp³-hybridized carbons (Fsp3) is 0.636. The van der Waals surface area contributed by atoms with Gasteiger partial charge in [-0.1, -0.05) is 6.92 Å². The molecule has 0 aliphatic carbocycles. The third-order valence-corrected chi connectivity index (χ3v) is 2.59. The number of hydrogen-bond acceptors (Lipinski definition) is 6. The Morgan fingerprint density at radius 3 is 2.74 bits per heavy atom. The minimum absolute atomic E-state index is 0.0312. The maximum Gasteiger partial charge on any atom is 0.231 e. The highest BCUT2D eigenvalue weighted by Gasteiger charge is 2.10. The van der Waals surface area contributed by atoms with Crippen LogP contribution in [-0.4, -0.2) is 48.0 Å². The van der Waals surface area contributed by atoms with E-state index in [9.17, 15) is 4.79 Å². The smallest absolute Gasteiger partial charge is 0.231 e. The average Bonchev–Trinajstić information content (AvgIpc) is 2.41. The van der Waals surface area contributed by atoms with Crippen LogP contribution in [0.4, 0.5) is 11.9 Å². The predicted molar refractivity (Wildman–Crippen MR) is 75.6 cm³/mol. The Morgan fingerprint density at radius 1 is 1.37 bits per heavy atom. The van der Waals surface area contributed by atoms with Crippen molar-refractivity contribution < 1.29 is 4.79 Å². The molecule has 0 saturated heterocycles. The Kier molecular flexibility index (Phi) is 6.27. The molecule has 2 N–H and O–H groups in total. The van der Waals surface area contributed by atoms with Crippen molar-refractivity contribution in [3.8, 4) is 0 Å². The lowest BCUT2D eigenvalue weighted by Crippen LogP contribution is -2.27.